The molecule has 0 radical (unpaired) electrons. The van der Waals surface area contributed by atoms with Crippen molar-refractivity contribution in [2.75, 3.05) is 11.9 Å². The molecule has 148 valence electrons. The number of hydrogen-bond acceptors (Lipinski definition) is 6. The molecule has 0 aliphatic rings. The van der Waals surface area contributed by atoms with Crippen molar-refractivity contribution in [3.63, 3.8) is 0 Å². The van der Waals surface area contributed by atoms with Crippen molar-refractivity contribution in [3.05, 3.63) is 58.6 Å². The van der Waals surface area contributed by atoms with Crippen LogP contribution >= 0.6 is 22.7 Å². The zero-order valence-corrected chi connectivity index (χ0v) is 18.1. The number of carbonyl (C=O) groups excluding carboxylic acids is 1. The molecule has 1 amide bonds. The van der Waals surface area contributed by atoms with Crippen LogP contribution in [0.2, 0.25) is 0 Å². The van der Waals surface area contributed by atoms with Crippen molar-refractivity contribution < 1.29 is 9.53 Å². The molecule has 2 aromatic carbocycles. The number of hydrogen-bond donors (Lipinski definition) is 1. The van der Waals surface area contributed by atoms with Gasteiger partial charge in [-0.1, -0.05) is 35.6 Å². The fourth-order valence-corrected chi connectivity index (χ4v) is 4.95. The van der Waals surface area contributed by atoms with E-state index in [1.54, 1.807) is 0 Å². The van der Waals surface area contributed by atoms with Crippen LogP contribution in [0.3, 0.4) is 0 Å². The number of amides is 1. The first-order chi connectivity index (χ1) is 14.0. The van der Waals surface area contributed by atoms with E-state index in [1.807, 2.05) is 43.5 Å². The first-order valence-electron chi connectivity index (χ1n) is 9.38. The van der Waals surface area contributed by atoms with Gasteiger partial charge in [-0.05, 0) is 44.0 Å². The molecule has 2 heterocycles. The first-order valence-corrected chi connectivity index (χ1v) is 11.1. The molecule has 29 heavy (non-hydrogen) atoms. The Morgan fingerprint density at radius 1 is 1.10 bits per heavy atom. The van der Waals surface area contributed by atoms with Gasteiger partial charge < -0.3 is 10.1 Å². The summed E-state index contributed by atoms with van der Waals surface area (Å²) in [5, 5.41) is 6.32. The standard InChI is InChI=1S/C22H21N3O2S2/c1-4-27-17-8-6-5-7-16(17)21-23-15(12-28-21)11-18(26)24-22-25-19-13(2)9-10-14(3)20(19)29-22/h5-10,12H,4,11H2,1-3H3,(H,24,25,26). The predicted molar refractivity (Wildman–Crippen MR) is 120 cm³/mol. The van der Waals surface area contributed by atoms with Crippen LogP contribution in [0, 0.1) is 13.8 Å². The average Bonchev–Trinajstić information content (AvgIpc) is 3.33. The second-order valence-electron chi connectivity index (χ2n) is 6.69. The molecule has 2 aromatic heterocycles. The van der Waals surface area contributed by atoms with Gasteiger partial charge in [-0.3, -0.25) is 4.79 Å². The molecule has 4 rings (SSSR count). The zero-order valence-electron chi connectivity index (χ0n) is 16.5. The number of para-hydroxylation sites is 1. The second-order valence-corrected chi connectivity index (χ2v) is 8.55. The lowest BCUT2D eigenvalue weighted by atomic mass is 10.1. The number of fused-ring (bicyclic) bond motifs is 1. The number of ether oxygens (including phenoxy) is 1. The zero-order chi connectivity index (χ0) is 20.4. The van der Waals surface area contributed by atoms with Crippen LogP contribution < -0.4 is 10.1 Å². The van der Waals surface area contributed by atoms with E-state index in [4.69, 9.17) is 4.74 Å². The lowest BCUT2D eigenvalue weighted by Gasteiger charge is -2.07. The minimum atomic E-state index is -0.116. The van der Waals surface area contributed by atoms with Crippen LogP contribution in [0.15, 0.2) is 41.8 Å². The Morgan fingerprint density at radius 2 is 1.90 bits per heavy atom. The molecular weight excluding hydrogens is 402 g/mol. The molecule has 0 atom stereocenters. The highest BCUT2D eigenvalue weighted by Gasteiger charge is 2.14. The predicted octanol–water partition coefficient (Wildman–Crippen LogP) is 5.62. The number of carbonyl (C=O) groups is 1. The molecule has 0 unspecified atom stereocenters. The van der Waals surface area contributed by atoms with Crippen molar-refractivity contribution >= 4 is 43.9 Å². The number of thiazole rings is 2. The molecule has 0 bridgehead atoms. The van der Waals surface area contributed by atoms with E-state index < -0.39 is 0 Å². The van der Waals surface area contributed by atoms with Crippen molar-refractivity contribution in [3.8, 4) is 16.3 Å². The minimum absolute atomic E-state index is 0.116. The summed E-state index contributed by atoms with van der Waals surface area (Å²) < 4.78 is 6.80. The van der Waals surface area contributed by atoms with Gasteiger partial charge >= 0.3 is 0 Å². The van der Waals surface area contributed by atoms with Gasteiger partial charge in [0.15, 0.2) is 5.13 Å². The fourth-order valence-electron chi connectivity index (χ4n) is 3.08. The summed E-state index contributed by atoms with van der Waals surface area (Å²) in [6, 6.07) is 12.0. The Morgan fingerprint density at radius 3 is 2.69 bits per heavy atom. The molecule has 0 saturated carbocycles. The molecule has 4 aromatic rings. The van der Waals surface area contributed by atoms with Crippen molar-refractivity contribution in [1.82, 2.24) is 9.97 Å². The van der Waals surface area contributed by atoms with Gasteiger partial charge in [0.25, 0.3) is 0 Å². The third-order valence-electron chi connectivity index (χ3n) is 4.50. The van der Waals surface area contributed by atoms with Gasteiger partial charge in [0.1, 0.15) is 10.8 Å². The number of benzene rings is 2. The number of anilines is 1. The molecule has 7 heteroatoms. The topological polar surface area (TPSA) is 64.1 Å². The van der Waals surface area contributed by atoms with E-state index in [2.05, 4.69) is 34.3 Å². The summed E-state index contributed by atoms with van der Waals surface area (Å²) in [7, 11) is 0. The quantitative estimate of drug-likeness (QED) is 0.437. The largest absolute Gasteiger partial charge is 0.493 e. The summed E-state index contributed by atoms with van der Waals surface area (Å²) in [5.74, 6) is 0.690. The number of aryl methyl sites for hydroxylation is 2. The maximum Gasteiger partial charge on any atom is 0.232 e. The van der Waals surface area contributed by atoms with Crippen LogP contribution in [-0.2, 0) is 11.2 Å². The Balaban J connectivity index is 1.49. The van der Waals surface area contributed by atoms with Crippen molar-refractivity contribution in [2.24, 2.45) is 0 Å². The van der Waals surface area contributed by atoms with Gasteiger partial charge in [-0.15, -0.1) is 11.3 Å². The highest BCUT2D eigenvalue weighted by molar-refractivity contribution is 7.22. The molecular formula is C22H21N3O2S2. The van der Waals surface area contributed by atoms with E-state index in [9.17, 15) is 4.79 Å². The van der Waals surface area contributed by atoms with E-state index in [0.717, 1.165) is 37.8 Å². The van der Waals surface area contributed by atoms with Crippen LogP contribution in [0.4, 0.5) is 5.13 Å². The normalized spacial score (nSPS) is 11.0. The van der Waals surface area contributed by atoms with Gasteiger partial charge in [0.05, 0.1) is 34.5 Å². The van der Waals surface area contributed by atoms with E-state index in [0.29, 0.717) is 11.7 Å². The fraction of sp³-hybridized carbons (Fsp3) is 0.227. The summed E-state index contributed by atoms with van der Waals surface area (Å²) >= 11 is 3.02. The van der Waals surface area contributed by atoms with Crippen LogP contribution in [0.1, 0.15) is 23.7 Å². The van der Waals surface area contributed by atoms with E-state index >= 15 is 0 Å². The lowest BCUT2D eigenvalue weighted by Crippen LogP contribution is -2.14. The van der Waals surface area contributed by atoms with E-state index in [1.165, 1.54) is 28.2 Å². The first kappa shape index (κ1) is 19.5. The Bertz CT molecular complexity index is 1140. The van der Waals surface area contributed by atoms with Crippen LogP contribution in [0.5, 0.6) is 5.75 Å². The van der Waals surface area contributed by atoms with Crippen molar-refractivity contribution in [1.29, 1.82) is 0 Å². The SMILES string of the molecule is CCOc1ccccc1-c1nc(CC(=O)Nc2nc3c(C)ccc(C)c3s2)cs1. The maximum absolute atomic E-state index is 12.5. The van der Waals surface area contributed by atoms with Gasteiger partial charge in [0.2, 0.25) is 5.91 Å². The summed E-state index contributed by atoms with van der Waals surface area (Å²) in [4.78, 5) is 21.8. The number of rotatable bonds is 6. The van der Waals surface area contributed by atoms with Gasteiger partial charge in [-0.2, -0.15) is 0 Å². The molecule has 0 fully saturated rings. The van der Waals surface area contributed by atoms with Gasteiger partial charge in [0, 0.05) is 5.38 Å². The number of nitrogens with zero attached hydrogens (tertiary/aromatic N) is 2. The average molecular weight is 424 g/mol. The third kappa shape index (κ3) is 4.16. The second kappa shape index (κ2) is 8.31. The monoisotopic (exact) mass is 423 g/mol. The number of nitrogens with one attached hydrogen (secondary N) is 1. The molecule has 0 aliphatic heterocycles. The summed E-state index contributed by atoms with van der Waals surface area (Å²) in [6.45, 7) is 6.64. The maximum atomic E-state index is 12.5. The highest BCUT2D eigenvalue weighted by Crippen LogP contribution is 2.33. The molecule has 0 aliphatic carbocycles. The highest BCUT2D eigenvalue weighted by atomic mass is 32.1. The number of aromatic nitrogens is 2. The van der Waals surface area contributed by atoms with Crippen molar-refractivity contribution in [2.45, 2.75) is 27.2 Å². The minimum Gasteiger partial charge on any atom is -0.493 e. The molecule has 0 spiro atoms. The Hall–Kier alpha value is -2.77. The summed E-state index contributed by atoms with van der Waals surface area (Å²) in [5.41, 5.74) is 4.92. The van der Waals surface area contributed by atoms with E-state index in [-0.39, 0.29) is 12.3 Å². The lowest BCUT2D eigenvalue weighted by molar-refractivity contribution is -0.115. The Labute approximate surface area is 177 Å². The molecule has 5 nitrogen and oxygen atoms in total. The third-order valence-corrected chi connectivity index (χ3v) is 6.53. The van der Waals surface area contributed by atoms with Crippen LogP contribution in [0.25, 0.3) is 20.8 Å². The molecule has 1 N–H and O–H groups in total. The Kier molecular flexibility index (Phi) is 5.60. The van der Waals surface area contributed by atoms with Gasteiger partial charge in [-0.25, -0.2) is 9.97 Å². The van der Waals surface area contributed by atoms with Crippen LogP contribution in [-0.4, -0.2) is 22.5 Å². The smallest absolute Gasteiger partial charge is 0.232 e. The summed E-state index contributed by atoms with van der Waals surface area (Å²) in [6.07, 6.45) is 0.210. The molecule has 0 saturated heterocycles.